The summed E-state index contributed by atoms with van der Waals surface area (Å²) >= 11 is 18.5. The third kappa shape index (κ3) is 5.76. The van der Waals surface area contributed by atoms with Gasteiger partial charge >= 0.3 is 0 Å². The summed E-state index contributed by atoms with van der Waals surface area (Å²) in [4.78, 5) is 14.1. The van der Waals surface area contributed by atoms with E-state index in [0.29, 0.717) is 47.8 Å². The average Bonchev–Trinajstić information content (AvgIpc) is 2.84. The number of rotatable bonds is 7. The topological polar surface area (TPSA) is 38.8 Å². The van der Waals surface area contributed by atoms with E-state index in [0.717, 1.165) is 16.7 Å². The normalized spacial score (nSPS) is 20.4. The molecule has 3 aromatic rings. The Morgan fingerprint density at radius 1 is 0.941 bits per heavy atom. The minimum atomic E-state index is -0.761. The van der Waals surface area contributed by atoms with Gasteiger partial charge in [0.2, 0.25) is 5.91 Å². The van der Waals surface area contributed by atoms with Gasteiger partial charge in [-0.2, -0.15) is 0 Å². The van der Waals surface area contributed by atoms with Gasteiger partial charge in [-0.05, 0) is 41.0 Å². The highest BCUT2D eigenvalue weighted by Gasteiger charge is 2.47. The number of benzene rings is 3. The lowest BCUT2D eigenvalue weighted by Gasteiger charge is -2.47. The van der Waals surface area contributed by atoms with Crippen LogP contribution >= 0.6 is 34.8 Å². The number of ether oxygens (including phenoxy) is 2. The van der Waals surface area contributed by atoms with Crippen molar-refractivity contribution < 1.29 is 14.3 Å². The molecule has 4 rings (SSSR count). The summed E-state index contributed by atoms with van der Waals surface area (Å²) in [6.45, 7) is 3.27. The monoisotopic (exact) mass is 517 g/mol. The van der Waals surface area contributed by atoms with Crippen molar-refractivity contribution in [1.82, 2.24) is 4.90 Å². The zero-order chi connectivity index (χ0) is 24.1. The molecule has 2 atom stereocenters. The van der Waals surface area contributed by atoms with Gasteiger partial charge in [-0.1, -0.05) is 83.3 Å². The van der Waals surface area contributed by atoms with Gasteiger partial charge in [0.15, 0.2) is 0 Å². The molecule has 1 aliphatic rings. The van der Waals surface area contributed by atoms with Crippen molar-refractivity contribution in [3.8, 4) is 0 Å². The summed E-state index contributed by atoms with van der Waals surface area (Å²) in [5.41, 5.74) is 2.16. The number of nitrogens with zero attached hydrogens (tertiary/aromatic N) is 1. The number of hydrogen-bond donors (Lipinski definition) is 0. The molecule has 3 aromatic carbocycles. The first kappa shape index (κ1) is 25.0. The van der Waals surface area contributed by atoms with Crippen LogP contribution in [0.5, 0.6) is 0 Å². The van der Waals surface area contributed by atoms with Gasteiger partial charge in [-0.3, -0.25) is 4.79 Å². The first-order valence-electron chi connectivity index (χ1n) is 11.1. The maximum absolute atomic E-state index is 12.3. The predicted molar refractivity (Wildman–Crippen MR) is 136 cm³/mol. The molecular formula is C27H26Cl3NO3. The van der Waals surface area contributed by atoms with Crippen LogP contribution in [0.4, 0.5) is 0 Å². The maximum atomic E-state index is 12.3. The van der Waals surface area contributed by atoms with Crippen LogP contribution in [0.1, 0.15) is 30.0 Å². The Labute approximate surface area is 215 Å². The van der Waals surface area contributed by atoms with Crippen LogP contribution in [-0.2, 0) is 33.1 Å². The van der Waals surface area contributed by atoms with Gasteiger partial charge in [0.05, 0.1) is 29.8 Å². The predicted octanol–water partition coefficient (Wildman–Crippen LogP) is 6.90. The Bertz CT molecular complexity index is 1120. The smallest absolute Gasteiger partial charge is 0.219 e. The van der Waals surface area contributed by atoms with Crippen LogP contribution in [0.25, 0.3) is 0 Å². The first-order valence-corrected chi connectivity index (χ1v) is 12.3. The van der Waals surface area contributed by atoms with Gasteiger partial charge in [0, 0.05) is 24.9 Å². The molecule has 1 aliphatic heterocycles. The molecule has 2 unspecified atom stereocenters. The second-order valence-corrected chi connectivity index (χ2v) is 9.68. The molecule has 4 nitrogen and oxygen atoms in total. The summed E-state index contributed by atoms with van der Waals surface area (Å²) in [5, 5.41) is 1.62. The molecule has 0 bridgehead atoms. The second kappa shape index (κ2) is 11.1. The highest BCUT2D eigenvalue weighted by atomic mass is 35.5. The molecule has 0 aliphatic carbocycles. The van der Waals surface area contributed by atoms with Gasteiger partial charge in [-0.25, -0.2) is 0 Å². The number of piperidine rings is 1. The van der Waals surface area contributed by atoms with Crippen LogP contribution in [0.3, 0.4) is 0 Å². The van der Waals surface area contributed by atoms with Gasteiger partial charge < -0.3 is 14.4 Å². The molecule has 1 heterocycles. The molecule has 0 spiro atoms. The molecule has 178 valence electrons. The van der Waals surface area contributed by atoms with Crippen molar-refractivity contribution in [3.63, 3.8) is 0 Å². The van der Waals surface area contributed by atoms with E-state index in [4.69, 9.17) is 44.3 Å². The Morgan fingerprint density at radius 2 is 1.68 bits per heavy atom. The molecule has 1 fully saturated rings. The van der Waals surface area contributed by atoms with Crippen molar-refractivity contribution in [1.29, 1.82) is 0 Å². The zero-order valence-corrected chi connectivity index (χ0v) is 21.1. The molecule has 0 saturated carbocycles. The molecule has 1 amide bonds. The van der Waals surface area contributed by atoms with E-state index < -0.39 is 11.7 Å². The third-order valence-electron chi connectivity index (χ3n) is 6.21. The number of hydrogen-bond acceptors (Lipinski definition) is 3. The van der Waals surface area contributed by atoms with E-state index in [-0.39, 0.29) is 5.91 Å². The molecule has 7 heteroatoms. The lowest BCUT2D eigenvalue weighted by Crippen LogP contribution is -2.56. The maximum Gasteiger partial charge on any atom is 0.219 e. The van der Waals surface area contributed by atoms with Crippen molar-refractivity contribution in [2.75, 3.05) is 13.1 Å². The molecule has 34 heavy (non-hydrogen) atoms. The SMILES string of the molecule is CC(=O)N1CCC(OCc2ccccc2)(c2ccc(Cl)cc2)C(OCc2ccc(Cl)c(Cl)c2)C1. The second-order valence-electron chi connectivity index (χ2n) is 8.43. The Balaban J connectivity index is 1.67. The molecule has 0 N–H and O–H groups in total. The molecule has 0 aromatic heterocycles. The highest BCUT2D eigenvalue weighted by Crippen LogP contribution is 2.40. The van der Waals surface area contributed by atoms with Crippen LogP contribution in [0.15, 0.2) is 72.8 Å². The van der Waals surface area contributed by atoms with Crippen LogP contribution in [0.2, 0.25) is 15.1 Å². The standard InChI is InChI=1S/C27H26Cl3NO3/c1-19(32)31-14-13-27(22-8-10-23(28)11-9-22,34-18-20-5-3-2-4-6-20)26(16-31)33-17-21-7-12-24(29)25(30)15-21/h2-12,15,26H,13-14,16-18H2,1H3. The number of carbonyl (C=O) groups is 1. The highest BCUT2D eigenvalue weighted by molar-refractivity contribution is 6.42. The van der Waals surface area contributed by atoms with E-state index in [1.807, 2.05) is 60.7 Å². The molecular weight excluding hydrogens is 493 g/mol. The van der Waals surface area contributed by atoms with Crippen molar-refractivity contribution in [3.05, 3.63) is 105 Å². The summed E-state index contributed by atoms with van der Waals surface area (Å²) < 4.78 is 13.2. The number of carbonyl (C=O) groups excluding carboxylic acids is 1. The lowest BCUT2D eigenvalue weighted by molar-refractivity contribution is -0.195. The van der Waals surface area contributed by atoms with Crippen molar-refractivity contribution in [2.24, 2.45) is 0 Å². The number of likely N-dealkylation sites (tertiary alicyclic amines) is 1. The van der Waals surface area contributed by atoms with Crippen LogP contribution in [-0.4, -0.2) is 30.0 Å². The van der Waals surface area contributed by atoms with Crippen molar-refractivity contribution >= 4 is 40.7 Å². The minimum absolute atomic E-state index is 0.0101. The fourth-order valence-corrected chi connectivity index (χ4v) is 4.74. The summed E-state index contributed by atoms with van der Waals surface area (Å²) in [7, 11) is 0. The van der Waals surface area contributed by atoms with E-state index in [1.54, 1.807) is 24.0 Å². The minimum Gasteiger partial charge on any atom is -0.368 e. The van der Waals surface area contributed by atoms with E-state index in [2.05, 4.69) is 0 Å². The fourth-order valence-electron chi connectivity index (χ4n) is 4.30. The van der Waals surface area contributed by atoms with Gasteiger partial charge in [-0.15, -0.1) is 0 Å². The van der Waals surface area contributed by atoms with Crippen LogP contribution in [0, 0.1) is 0 Å². The van der Waals surface area contributed by atoms with E-state index >= 15 is 0 Å². The lowest BCUT2D eigenvalue weighted by atomic mass is 9.81. The zero-order valence-electron chi connectivity index (χ0n) is 18.8. The molecule has 1 saturated heterocycles. The number of amides is 1. The fraction of sp³-hybridized carbons (Fsp3) is 0.296. The summed E-state index contributed by atoms with van der Waals surface area (Å²) in [6, 6.07) is 23.1. The molecule has 0 radical (unpaired) electrons. The Morgan fingerprint density at radius 3 is 2.35 bits per heavy atom. The average molecular weight is 519 g/mol. The van der Waals surface area contributed by atoms with Gasteiger partial charge in [0.1, 0.15) is 11.7 Å². The summed E-state index contributed by atoms with van der Waals surface area (Å²) in [6.07, 6.45) is 0.178. The first-order chi connectivity index (χ1) is 16.4. The van der Waals surface area contributed by atoms with E-state index in [9.17, 15) is 4.79 Å². The largest absolute Gasteiger partial charge is 0.368 e. The quantitative estimate of drug-likeness (QED) is 0.342. The summed E-state index contributed by atoms with van der Waals surface area (Å²) in [5.74, 6) is 0.0101. The Hall–Kier alpha value is -2.08. The Kier molecular flexibility index (Phi) is 8.18. The van der Waals surface area contributed by atoms with E-state index in [1.165, 1.54) is 0 Å². The van der Waals surface area contributed by atoms with Gasteiger partial charge in [0.25, 0.3) is 0 Å². The van der Waals surface area contributed by atoms with Crippen LogP contribution < -0.4 is 0 Å². The third-order valence-corrected chi connectivity index (χ3v) is 7.20. The number of halogens is 3. The van der Waals surface area contributed by atoms with Crippen molar-refractivity contribution in [2.45, 2.75) is 38.3 Å².